The molecule has 0 aliphatic carbocycles. The fourth-order valence-electron chi connectivity index (χ4n) is 2.94. The van der Waals surface area contributed by atoms with Crippen LogP contribution in [0.4, 0.5) is 5.69 Å². The molecule has 130 valence electrons. The van der Waals surface area contributed by atoms with Crippen LogP contribution in [0.25, 0.3) is 0 Å². The molecule has 0 aliphatic rings. The van der Waals surface area contributed by atoms with Crippen molar-refractivity contribution in [3.8, 4) is 0 Å². The van der Waals surface area contributed by atoms with E-state index in [4.69, 9.17) is 5.73 Å². The number of benzene rings is 2. The first-order valence-electron chi connectivity index (χ1n) is 8.37. The molecule has 0 fully saturated rings. The van der Waals surface area contributed by atoms with Crippen LogP contribution in [0.5, 0.6) is 0 Å². The van der Waals surface area contributed by atoms with E-state index in [0.29, 0.717) is 0 Å². The van der Waals surface area contributed by atoms with Gasteiger partial charge in [0.05, 0.1) is 11.0 Å². The summed E-state index contributed by atoms with van der Waals surface area (Å²) < 4.78 is 0. The van der Waals surface area contributed by atoms with Crippen molar-refractivity contribution in [2.75, 3.05) is 5.73 Å². The van der Waals surface area contributed by atoms with Gasteiger partial charge in [-0.15, -0.1) is 11.8 Å². The zero-order valence-corrected chi connectivity index (χ0v) is 15.9. The Morgan fingerprint density at radius 2 is 1.88 bits per heavy atom. The van der Waals surface area contributed by atoms with Gasteiger partial charge >= 0.3 is 0 Å². The van der Waals surface area contributed by atoms with E-state index in [1.165, 1.54) is 22.3 Å². The third-order valence-corrected chi connectivity index (χ3v) is 5.74. The molecule has 0 radical (unpaired) electrons. The van der Waals surface area contributed by atoms with Crippen molar-refractivity contribution < 1.29 is 0 Å². The van der Waals surface area contributed by atoms with Crippen molar-refractivity contribution in [2.45, 2.75) is 38.7 Å². The summed E-state index contributed by atoms with van der Waals surface area (Å²) in [5.74, 6) is 2.40. The van der Waals surface area contributed by atoms with Crippen molar-refractivity contribution in [1.29, 1.82) is 0 Å². The first kappa shape index (κ1) is 17.5. The summed E-state index contributed by atoms with van der Waals surface area (Å²) in [6, 6.07) is 12.7. The number of aromatic nitrogens is 3. The molecule has 25 heavy (non-hydrogen) atoms. The minimum atomic E-state index is 0.151. The number of hydrogen-bond donors (Lipinski definition) is 2. The van der Waals surface area contributed by atoms with Gasteiger partial charge in [0.1, 0.15) is 5.82 Å². The Balaban J connectivity index is 2.01. The van der Waals surface area contributed by atoms with E-state index in [1.54, 1.807) is 0 Å². The molecule has 0 spiro atoms. The van der Waals surface area contributed by atoms with Crippen LogP contribution >= 0.6 is 11.8 Å². The number of aromatic amines is 1. The fraction of sp³-hybridized carbons (Fsp3) is 0.300. The number of H-pyrrole nitrogens is 1. The number of aryl methyl sites for hydroxylation is 3. The van der Waals surface area contributed by atoms with Gasteiger partial charge in [-0.05, 0) is 56.0 Å². The topological polar surface area (TPSA) is 67.6 Å². The Bertz CT molecular complexity index is 883. The predicted molar refractivity (Wildman–Crippen MR) is 106 cm³/mol. The highest BCUT2D eigenvalue weighted by molar-refractivity contribution is 7.98. The summed E-state index contributed by atoms with van der Waals surface area (Å²) in [7, 11) is 0. The summed E-state index contributed by atoms with van der Waals surface area (Å²) in [6.45, 7) is 8.36. The molecule has 0 saturated heterocycles. The average molecular weight is 353 g/mol. The number of rotatable bonds is 5. The van der Waals surface area contributed by atoms with Crippen molar-refractivity contribution in [1.82, 2.24) is 15.2 Å². The first-order valence-corrected chi connectivity index (χ1v) is 9.42. The highest BCUT2D eigenvalue weighted by atomic mass is 32.2. The lowest BCUT2D eigenvalue weighted by Crippen LogP contribution is -2.05. The molecule has 0 saturated carbocycles. The number of nitrogens with two attached hydrogens (primary N) is 1. The van der Waals surface area contributed by atoms with E-state index in [2.05, 4.69) is 66.3 Å². The van der Waals surface area contributed by atoms with Crippen LogP contribution in [0, 0.1) is 27.7 Å². The lowest BCUT2D eigenvalue weighted by atomic mass is 9.95. The van der Waals surface area contributed by atoms with E-state index in [9.17, 15) is 0 Å². The van der Waals surface area contributed by atoms with Gasteiger partial charge in [-0.3, -0.25) is 5.10 Å². The minimum absolute atomic E-state index is 0.151. The smallest absolute Gasteiger partial charge is 0.160 e. The molecular weight excluding hydrogens is 328 g/mol. The van der Waals surface area contributed by atoms with Gasteiger partial charge in [0, 0.05) is 5.69 Å². The number of nitrogen functional groups attached to an aromatic ring is 1. The van der Waals surface area contributed by atoms with Crippen LogP contribution in [0.3, 0.4) is 0 Å². The van der Waals surface area contributed by atoms with E-state index in [0.717, 1.165) is 28.7 Å². The first-order chi connectivity index (χ1) is 12.0. The molecule has 0 amide bonds. The highest BCUT2D eigenvalue weighted by Crippen LogP contribution is 2.41. The van der Waals surface area contributed by atoms with Gasteiger partial charge in [0.15, 0.2) is 5.82 Å². The summed E-state index contributed by atoms with van der Waals surface area (Å²) >= 11 is 1.81. The number of nitrogens with zero attached hydrogens (tertiary/aromatic N) is 2. The molecule has 3 N–H and O–H groups in total. The number of hydrogen-bond acceptors (Lipinski definition) is 4. The second-order valence-corrected chi connectivity index (χ2v) is 7.54. The summed E-state index contributed by atoms with van der Waals surface area (Å²) in [5.41, 5.74) is 13.4. The van der Waals surface area contributed by atoms with E-state index in [-0.39, 0.29) is 5.25 Å². The third kappa shape index (κ3) is 3.87. The van der Waals surface area contributed by atoms with Crippen LogP contribution < -0.4 is 5.73 Å². The molecular formula is C20H24N4S. The molecule has 0 bridgehead atoms. The van der Waals surface area contributed by atoms with Crippen molar-refractivity contribution >= 4 is 17.4 Å². The van der Waals surface area contributed by atoms with Gasteiger partial charge in [-0.2, -0.15) is 5.10 Å². The molecule has 1 heterocycles. The number of nitrogens with one attached hydrogen (secondary N) is 1. The average Bonchev–Trinajstić information content (AvgIpc) is 3.00. The van der Waals surface area contributed by atoms with E-state index < -0.39 is 0 Å². The standard InChI is InChI=1S/C20H24N4S/c1-12-8-9-18(21)17(10-12)20(16-7-5-6-13(2)14(16)3)25-11-19-22-15(4)23-24-19/h5-10,20H,11,21H2,1-4H3,(H,22,23,24). The Hall–Kier alpha value is -2.27. The maximum atomic E-state index is 6.34. The largest absolute Gasteiger partial charge is 0.398 e. The maximum absolute atomic E-state index is 6.34. The predicted octanol–water partition coefficient (Wildman–Crippen LogP) is 4.64. The highest BCUT2D eigenvalue weighted by Gasteiger charge is 2.21. The molecule has 1 atom stereocenters. The van der Waals surface area contributed by atoms with Crippen molar-refractivity contribution in [3.05, 3.63) is 75.9 Å². The Labute approximate surface area is 153 Å². The van der Waals surface area contributed by atoms with Gasteiger partial charge in [-0.1, -0.05) is 35.9 Å². The molecule has 0 aliphatic heterocycles. The lowest BCUT2D eigenvalue weighted by Gasteiger charge is -2.22. The second kappa shape index (κ2) is 7.31. The normalized spacial score (nSPS) is 12.3. The van der Waals surface area contributed by atoms with Crippen LogP contribution in [0.15, 0.2) is 36.4 Å². The second-order valence-electron chi connectivity index (χ2n) is 6.45. The van der Waals surface area contributed by atoms with Gasteiger partial charge in [0.25, 0.3) is 0 Å². The van der Waals surface area contributed by atoms with E-state index in [1.807, 2.05) is 24.8 Å². The Kier molecular flexibility index (Phi) is 5.13. The number of anilines is 1. The summed E-state index contributed by atoms with van der Waals surface area (Å²) in [5, 5.41) is 7.33. The van der Waals surface area contributed by atoms with Crippen LogP contribution in [-0.2, 0) is 5.75 Å². The van der Waals surface area contributed by atoms with Gasteiger partial charge in [0.2, 0.25) is 0 Å². The molecule has 3 rings (SSSR count). The molecule has 2 aromatic carbocycles. The van der Waals surface area contributed by atoms with E-state index >= 15 is 0 Å². The molecule has 5 heteroatoms. The van der Waals surface area contributed by atoms with Crippen LogP contribution in [0.2, 0.25) is 0 Å². The van der Waals surface area contributed by atoms with Crippen molar-refractivity contribution in [2.24, 2.45) is 0 Å². The van der Waals surface area contributed by atoms with Gasteiger partial charge < -0.3 is 5.73 Å². The monoisotopic (exact) mass is 352 g/mol. The van der Waals surface area contributed by atoms with Crippen LogP contribution in [0.1, 0.15) is 44.7 Å². The van der Waals surface area contributed by atoms with Crippen LogP contribution in [-0.4, -0.2) is 15.2 Å². The Morgan fingerprint density at radius 1 is 1.08 bits per heavy atom. The molecule has 1 aromatic heterocycles. The maximum Gasteiger partial charge on any atom is 0.160 e. The number of thioether (sulfide) groups is 1. The molecule has 4 nitrogen and oxygen atoms in total. The quantitative estimate of drug-likeness (QED) is 0.656. The fourth-order valence-corrected chi connectivity index (χ4v) is 4.20. The zero-order valence-electron chi connectivity index (χ0n) is 15.1. The SMILES string of the molecule is Cc1ccc(N)c(C(SCc2n[nH]c(C)n2)c2cccc(C)c2C)c1. The van der Waals surface area contributed by atoms with Crippen molar-refractivity contribution in [3.63, 3.8) is 0 Å². The molecule has 3 aromatic rings. The molecule has 1 unspecified atom stereocenters. The van der Waals surface area contributed by atoms with Gasteiger partial charge in [-0.25, -0.2) is 4.98 Å². The zero-order chi connectivity index (χ0) is 18.0. The summed E-state index contributed by atoms with van der Waals surface area (Å²) in [6.07, 6.45) is 0. The minimum Gasteiger partial charge on any atom is -0.398 e. The third-order valence-electron chi connectivity index (χ3n) is 4.48. The lowest BCUT2D eigenvalue weighted by molar-refractivity contribution is 1.01. The summed E-state index contributed by atoms with van der Waals surface area (Å²) in [4.78, 5) is 4.43. The Morgan fingerprint density at radius 3 is 2.60 bits per heavy atom.